The highest BCUT2D eigenvalue weighted by molar-refractivity contribution is 7.98. The van der Waals surface area contributed by atoms with Gasteiger partial charge in [-0.2, -0.15) is 15.0 Å². The smallest absolute Gasteiger partial charge is 0.263 e. The summed E-state index contributed by atoms with van der Waals surface area (Å²) < 4.78 is 5.18. The van der Waals surface area contributed by atoms with Crippen LogP contribution >= 0.6 is 11.8 Å². The quantitative estimate of drug-likeness (QED) is 0.859. The first kappa shape index (κ1) is 13.6. The van der Waals surface area contributed by atoms with E-state index in [4.69, 9.17) is 4.42 Å². The first-order chi connectivity index (χ1) is 9.26. The molecular formula is C11H16N6OS. The van der Waals surface area contributed by atoms with Crippen molar-refractivity contribution in [2.75, 3.05) is 30.4 Å². The maximum absolute atomic E-state index is 5.18. The lowest BCUT2D eigenvalue weighted by Crippen LogP contribution is -2.25. The second-order valence-electron chi connectivity index (χ2n) is 3.56. The first-order valence-electron chi connectivity index (χ1n) is 6.03. The molecule has 0 amide bonds. The molecule has 0 atom stereocenters. The standard InChI is InChI=1S/C11H16N6OS/c1-4-17(5-2)9-14-8(12-3)15-10(16-9)19-11-13-6-7-18-11/h6-7H,4-5H2,1-3H3,(H,12,14,15,16). The molecule has 19 heavy (non-hydrogen) atoms. The van der Waals surface area contributed by atoms with E-state index in [1.165, 1.54) is 18.0 Å². The lowest BCUT2D eigenvalue weighted by molar-refractivity contribution is 0.453. The highest BCUT2D eigenvalue weighted by Gasteiger charge is 2.12. The molecule has 0 spiro atoms. The van der Waals surface area contributed by atoms with Crippen molar-refractivity contribution in [1.29, 1.82) is 0 Å². The average molecular weight is 280 g/mol. The number of hydrogen-bond acceptors (Lipinski definition) is 8. The Bertz CT molecular complexity index is 514. The van der Waals surface area contributed by atoms with Gasteiger partial charge >= 0.3 is 0 Å². The van der Waals surface area contributed by atoms with Crippen molar-refractivity contribution in [1.82, 2.24) is 19.9 Å². The molecule has 0 bridgehead atoms. The monoisotopic (exact) mass is 280 g/mol. The Labute approximate surface area is 115 Å². The zero-order valence-electron chi connectivity index (χ0n) is 11.1. The van der Waals surface area contributed by atoms with Gasteiger partial charge in [0.2, 0.25) is 17.1 Å². The zero-order valence-corrected chi connectivity index (χ0v) is 11.9. The summed E-state index contributed by atoms with van der Waals surface area (Å²) in [6, 6.07) is 0. The molecule has 2 aromatic heterocycles. The highest BCUT2D eigenvalue weighted by atomic mass is 32.2. The summed E-state index contributed by atoms with van der Waals surface area (Å²) in [5, 5.41) is 4.01. The van der Waals surface area contributed by atoms with Crippen LogP contribution in [-0.2, 0) is 0 Å². The Morgan fingerprint density at radius 2 is 2.05 bits per heavy atom. The third kappa shape index (κ3) is 3.34. The number of hydrogen-bond donors (Lipinski definition) is 1. The predicted molar refractivity (Wildman–Crippen MR) is 73.6 cm³/mol. The van der Waals surface area contributed by atoms with Gasteiger partial charge in [0.25, 0.3) is 5.22 Å². The lowest BCUT2D eigenvalue weighted by atomic mass is 10.5. The molecule has 0 aromatic carbocycles. The molecule has 0 aliphatic heterocycles. The van der Waals surface area contributed by atoms with E-state index in [-0.39, 0.29) is 0 Å². The second kappa shape index (κ2) is 6.37. The van der Waals surface area contributed by atoms with E-state index in [9.17, 15) is 0 Å². The van der Waals surface area contributed by atoms with Gasteiger partial charge in [-0.3, -0.25) is 0 Å². The first-order valence-corrected chi connectivity index (χ1v) is 6.84. The van der Waals surface area contributed by atoms with E-state index in [0.717, 1.165) is 13.1 Å². The normalized spacial score (nSPS) is 10.5. The van der Waals surface area contributed by atoms with Crippen molar-refractivity contribution in [3.05, 3.63) is 12.5 Å². The minimum absolute atomic E-state index is 0.513. The minimum Gasteiger partial charge on any atom is -0.440 e. The van der Waals surface area contributed by atoms with Gasteiger partial charge in [-0.05, 0) is 13.8 Å². The summed E-state index contributed by atoms with van der Waals surface area (Å²) in [5.41, 5.74) is 0. The minimum atomic E-state index is 0.513. The number of nitrogens with zero attached hydrogens (tertiary/aromatic N) is 5. The molecule has 7 nitrogen and oxygen atoms in total. The van der Waals surface area contributed by atoms with Crippen molar-refractivity contribution in [2.45, 2.75) is 24.2 Å². The lowest BCUT2D eigenvalue weighted by Gasteiger charge is -2.18. The molecule has 8 heteroatoms. The van der Waals surface area contributed by atoms with Crippen LogP contribution in [0.2, 0.25) is 0 Å². The van der Waals surface area contributed by atoms with E-state index in [0.29, 0.717) is 22.3 Å². The number of aromatic nitrogens is 4. The Hall–Kier alpha value is -1.83. The average Bonchev–Trinajstić information content (AvgIpc) is 2.93. The maximum atomic E-state index is 5.18. The molecule has 2 heterocycles. The summed E-state index contributed by atoms with van der Waals surface area (Å²) >= 11 is 1.27. The van der Waals surface area contributed by atoms with Crippen molar-refractivity contribution in [3.8, 4) is 0 Å². The van der Waals surface area contributed by atoms with Crippen LogP contribution in [0.1, 0.15) is 13.8 Å². The molecule has 0 saturated heterocycles. The van der Waals surface area contributed by atoms with E-state index < -0.39 is 0 Å². The SMILES string of the molecule is CCN(CC)c1nc(NC)nc(Sc2ncco2)n1. The molecule has 2 rings (SSSR count). The molecule has 0 saturated carbocycles. The van der Waals surface area contributed by atoms with Gasteiger partial charge in [0, 0.05) is 31.9 Å². The van der Waals surface area contributed by atoms with E-state index >= 15 is 0 Å². The number of oxazole rings is 1. The van der Waals surface area contributed by atoms with Crippen molar-refractivity contribution in [2.24, 2.45) is 0 Å². The summed E-state index contributed by atoms with van der Waals surface area (Å²) in [7, 11) is 1.78. The largest absolute Gasteiger partial charge is 0.440 e. The van der Waals surface area contributed by atoms with E-state index in [1.807, 2.05) is 0 Å². The van der Waals surface area contributed by atoms with Gasteiger partial charge in [0.15, 0.2) is 0 Å². The maximum Gasteiger partial charge on any atom is 0.263 e. The predicted octanol–water partition coefficient (Wildman–Crippen LogP) is 1.90. The summed E-state index contributed by atoms with van der Waals surface area (Å²) in [6.07, 6.45) is 3.11. The van der Waals surface area contributed by atoms with Gasteiger partial charge < -0.3 is 14.6 Å². The highest BCUT2D eigenvalue weighted by Crippen LogP contribution is 2.24. The van der Waals surface area contributed by atoms with Crippen LogP contribution in [-0.4, -0.2) is 40.1 Å². The third-order valence-electron chi connectivity index (χ3n) is 2.46. The number of rotatable bonds is 6. The van der Waals surface area contributed by atoms with Crippen molar-refractivity contribution >= 4 is 23.7 Å². The number of anilines is 2. The fraction of sp³-hybridized carbons (Fsp3) is 0.455. The Balaban J connectivity index is 2.30. The van der Waals surface area contributed by atoms with Gasteiger partial charge in [0.1, 0.15) is 6.26 Å². The molecule has 0 aliphatic rings. The van der Waals surface area contributed by atoms with Crippen LogP contribution in [0.3, 0.4) is 0 Å². The van der Waals surface area contributed by atoms with E-state index in [1.54, 1.807) is 13.2 Å². The second-order valence-corrected chi connectivity index (χ2v) is 4.48. The van der Waals surface area contributed by atoms with Gasteiger partial charge in [-0.15, -0.1) is 0 Å². The molecular weight excluding hydrogens is 264 g/mol. The molecule has 102 valence electrons. The van der Waals surface area contributed by atoms with Crippen LogP contribution < -0.4 is 10.2 Å². The van der Waals surface area contributed by atoms with Gasteiger partial charge in [-0.25, -0.2) is 4.98 Å². The van der Waals surface area contributed by atoms with Crippen LogP contribution in [0.5, 0.6) is 0 Å². The molecule has 0 aliphatic carbocycles. The van der Waals surface area contributed by atoms with Crippen LogP contribution in [0.25, 0.3) is 0 Å². The topological polar surface area (TPSA) is 80.0 Å². The molecule has 0 fully saturated rings. The molecule has 0 radical (unpaired) electrons. The fourth-order valence-electron chi connectivity index (χ4n) is 1.49. The number of nitrogens with one attached hydrogen (secondary N) is 1. The van der Waals surface area contributed by atoms with Crippen LogP contribution in [0.4, 0.5) is 11.9 Å². The summed E-state index contributed by atoms with van der Waals surface area (Å²) in [5.74, 6) is 1.18. The fourth-order valence-corrected chi connectivity index (χ4v) is 2.12. The third-order valence-corrected chi connectivity index (χ3v) is 3.20. The van der Waals surface area contributed by atoms with E-state index in [2.05, 4.69) is 44.0 Å². The summed E-state index contributed by atoms with van der Waals surface area (Å²) in [6.45, 7) is 5.81. The zero-order chi connectivity index (χ0) is 13.7. The summed E-state index contributed by atoms with van der Waals surface area (Å²) in [4.78, 5) is 19.2. The molecule has 0 unspecified atom stereocenters. The Kier molecular flexibility index (Phi) is 4.56. The molecule has 1 N–H and O–H groups in total. The van der Waals surface area contributed by atoms with Crippen molar-refractivity contribution in [3.63, 3.8) is 0 Å². The Morgan fingerprint density at radius 3 is 2.63 bits per heavy atom. The Morgan fingerprint density at radius 1 is 1.26 bits per heavy atom. The van der Waals surface area contributed by atoms with Crippen molar-refractivity contribution < 1.29 is 4.42 Å². The van der Waals surface area contributed by atoms with Crippen LogP contribution in [0, 0.1) is 0 Å². The molecule has 2 aromatic rings. The van der Waals surface area contributed by atoms with Gasteiger partial charge in [0.05, 0.1) is 6.20 Å². The van der Waals surface area contributed by atoms with Crippen LogP contribution in [0.15, 0.2) is 27.3 Å². The van der Waals surface area contributed by atoms with Gasteiger partial charge in [-0.1, -0.05) is 0 Å².